The van der Waals surface area contributed by atoms with Crippen LogP contribution in [0.3, 0.4) is 0 Å². The molecule has 1 aromatic carbocycles. The van der Waals surface area contributed by atoms with Gasteiger partial charge in [-0.05, 0) is 12.0 Å². The first-order valence-corrected chi connectivity index (χ1v) is 3.66. The summed E-state index contributed by atoms with van der Waals surface area (Å²) in [5.41, 5.74) is 0.991. The maximum absolute atomic E-state index is 10.6. The molecule has 0 heterocycles. The molecule has 0 amide bonds. The van der Waals surface area contributed by atoms with Gasteiger partial charge in [0.1, 0.15) is 0 Å². The molecule has 0 N–H and O–H groups in total. The van der Waals surface area contributed by atoms with Gasteiger partial charge >= 0.3 is 29.6 Å². The topological polar surface area (TPSA) is 40.1 Å². The Labute approximate surface area is 99.6 Å². The van der Waals surface area contributed by atoms with Gasteiger partial charge in [0.2, 0.25) is 0 Å². The molecule has 0 radical (unpaired) electrons. The van der Waals surface area contributed by atoms with Crippen LogP contribution < -0.4 is 34.7 Å². The predicted molar refractivity (Wildman–Crippen MR) is 44.7 cm³/mol. The number of hydrogen-bond acceptors (Lipinski definition) is 2. The molecule has 13 heavy (non-hydrogen) atoms. The normalized spacial score (nSPS) is 8.62. The molecule has 3 heteroatoms. The van der Waals surface area contributed by atoms with E-state index in [9.17, 15) is 9.90 Å². The zero-order valence-electron chi connectivity index (χ0n) is 7.62. The van der Waals surface area contributed by atoms with Crippen LogP contribution in [0.25, 0.3) is 0 Å². The Morgan fingerprint density at radius 3 is 2.62 bits per heavy atom. The van der Waals surface area contributed by atoms with Gasteiger partial charge in [-0.2, -0.15) is 0 Å². The average Bonchev–Trinajstić information content (AvgIpc) is 2.05. The molecule has 0 spiro atoms. The molecule has 2 nitrogen and oxygen atoms in total. The van der Waals surface area contributed by atoms with Gasteiger partial charge in [-0.1, -0.05) is 30.3 Å². The first kappa shape index (κ1) is 12.4. The summed E-state index contributed by atoms with van der Waals surface area (Å²) in [6.45, 7) is 3.54. The minimum Gasteiger partial charge on any atom is -0.545 e. The Hall–Kier alpha value is -0.570. The van der Waals surface area contributed by atoms with Crippen molar-refractivity contribution in [1.29, 1.82) is 0 Å². The second-order valence-electron chi connectivity index (χ2n) is 2.44. The summed E-state index contributed by atoms with van der Waals surface area (Å²) in [5, 5.41) is 10.6. The molecule has 1 rings (SSSR count). The van der Waals surface area contributed by atoms with E-state index < -0.39 is 5.97 Å². The van der Waals surface area contributed by atoms with Crippen LogP contribution in [-0.4, -0.2) is 5.97 Å². The van der Waals surface area contributed by atoms with E-state index in [2.05, 4.69) is 6.58 Å². The Morgan fingerprint density at radius 1 is 1.46 bits per heavy atom. The fourth-order valence-corrected chi connectivity index (χ4v) is 1.05. The van der Waals surface area contributed by atoms with Gasteiger partial charge in [-0.25, -0.2) is 0 Å². The van der Waals surface area contributed by atoms with Gasteiger partial charge in [0, 0.05) is 5.56 Å². The largest absolute Gasteiger partial charge is 1.00 e. The zero-order chi connectivity index (χ0) is 8.97. The van der Waals surface area contributed by atoms with Gasteiger partial charge in [-0.15, -0.1) is 6.58 Å². The second-order valence-corrected chi connectivity index (χ2v) is 2.44. The first-order valence-electron chi connectivity index (χ1n) is 3.66. The molecule has 0 unspecified atom stereocenters. The third-order valence-corrected chi connectivity index (χ3v) is 1.60. The third kappa shape index (κ3) is 3.35. The molecule has 0 saturated heterocycles. The molecular weight excluding hydrogens is 175 g/mol. The molecule has 0 saturated carbocycles. The van der Waals surface area contributed by atoms with Gasteiger partial charge in [0.05, 0.1) is 5.97 Å². The van der Waals surface area contributed by atoms with Crippen LogP contribution >= 0.6 is 0 Å². The van der Waals surface area contributed by atoms with Crippen LogP contribution in [0.2, 0.25) is 0 Å². The van der Waals surface area contributed by atoms with Crippen molar-refractivity contribution < 1.29 is 39.5 Å². The molecule has 0 bridgehead atoms. The summed E-state index contributed by atoms with van der Waals surface area (Å²) in [5.74, 6) is -1.13. The zero-order valence-corrected chi connectivity index (χ0v) is 9.62. The smallest absolute Gasteiger partial charge is 0.545 e. The Morgan fingerprint density at radius 2 is 2.08 bits per heavy atom. The van der Waals surface area contributed by atoms with E-state index in [1.165, 1.54) is 6.07 Å². The van der Waals surface area contributed by atoms with E-state index in [0.717, 1.165) is 5.56 Å². The van der Waals surface area contributed by atoms with E-state index >= 15 is 0 Å². The number of carbonyl (C=O) groups is 1. The second kappa shape index (κ2) is 5.97. The maximum atomic E-state index is 10.6. The monoisotopic (exact) mass is 184 g/mol. The Balaban J connectivity index is 0.00000144. The number of aromatic carboxylic acids is 1. The van der Waals surface area contributed by atoms with Crippen molar-refractivity contribution in [3.8, 4) is 0 Å². The molecule has 0 aliphatic carbocycles. The molecule has 1 aromatic rings. The SMILES string of the molecule is C=CCc1ccccc1C(=O)[O-].[Na+]. The van der Waals surface area contributed by atoms with Crippen LogP contribution in [0.15, 0.2) is 36.9 Å². The van der Waals surface area contributed by atoms with Crippen molar-refractivity contribution in [2.45, 2.75) is 6.42 Å². The van der Waals surface area contributed by atoms with Crippen molar-refractivity contribution >= 4 is 5.97 Å². The van der Waals surface area contributed by atoms with Crippen molar-refractivity contribution in [1.82, 2.24) is 0 Å². The maximum Gasteiger partial charge on any atom is 1.00 e. The minimum atomic E-state index is -1.13. The van der Waals surface area contributed by atoms with Gasteiger partial charge in [0.25, 0.3) is 0 Å². The molecule has 0 atom stereocenters. The van der Waals surface area contributed by atoms with Crippen LogP contribution in [0.5, 0.6) is 0 Å². The van der Waals surface area contributed by atoms with Crippen molar-refractivity contribution in [2.24, 2.45) is 0 Å². The fraction of sp³-hybridized carbons (Fsp3) is 0.100. The van der Waals surface area contributed by atoms with Gasteiger partial charge < -0.3 is 9.90 Å². The summed E-state index contributed by atoms with van der Waals surface area (Å²) >= 11 is 0. The average molecular weight is 184 g/mol. The quantitative estimate of drug-likeness (QED) is 0.394. The Bertz CT molecular complexity index is 308. The van der Waals surface area contributed by atoms with E-state index in [1.54, 1.807) is 24.3 Å². The standard InChI is InChI=1S/C10H10O2.Na/c1-2-5-8-6-3-4-7-9(8)10(11)12;/h2-4,6-7H,1,5H2,(H,11,12);/q;+1/p-1. The number of rotatable bonds is 3. The number of hydrogen-bond donors (Lipinski definition) is 0. The molecule has 0 aliphatic rings. The first-order chi connectivity index (χ1) is 5.75. The van der Waals surface area contributed by atoms with Crippen molar-refractivity contribution in [2.75, 3.05) is 0 Å². The van der Waals surface area contributed by atoms with Crippen LogP contribution in [0.1, 0.15) is 15.9 Å². The van der Waals surface area contributed by atoms with Gasteiger partial charge in [0.15, 0.2) is 0 Å². The fourth-order valence-electron chi connectivity index (χ4n) is 1.05. The molecular formula is C10H9NaO2. The van der Waals surface area contributed by atoms with Crippen LogP contribution in [0, 0.1) is 0 Å². The minimum absolute atomic E-state index is 0. The van der Waals surface area contributed by atoms with E-state index in [0.29, 0.717) is 6.42 Å². The Kier molecular flexibility index (Phi) is 5.71. The summed E-state index contributed by atoms with van der Waals surface area (Å²) in [6.07, 6.45) is 2.23. The predicted octanol–water partition coefficient (Wildman–Crippen LogP) is -2.22. The summed E-state index contributed by atoms with van der Waals surface area (Å²) in [6, 6.07) is 6.77. The number of benzene rings is 1. The number of allylic oxidation sites excluding steroid dienone is 1. The molecule has 0 aromatic heterocycles. The van der Waals surface area contributed by atoms with Gasteiger partial charge in [-0.3, -0.25) is 0 Å². The number of carboxylic acid groups (broad SMARTS) is 1. The summed E-state index contributed by atoms with van der Waals surface area (Å²) in [7, 11) is 0. The number of carboxylic acids is 1. The molecule has 62 valence electrons. The van der Waals surface area contributed by atoms with E-state index in [1.807, 2.05) is 0 Å². The molecule has 0 fully saturated rings. The van der Waals surface area contributed by atoms with Crippen molar-refractivity contribution in [3.05, 3.63) is 48.0 Å². The van der Waals surface area contributed by atoms with E-state index in [4.69, 9.17) is 0 Å². The van der Waals surface area contributed by atoms with Crippen LogP contribution in [-0.2, 0) is 6.42 Å². The van der Waals surface area contributed by atoms with Crippen LogP contribution in [0.4, 0.5) is 0 Å². The van der Waals surface area contributed by atoms with Crippen molar-refractivity contribution in [3.63, 3.8) is 0 Å². The molecule has 0 aliphatic heterocycles. The number of carbonyl (C=O) groups excluding carboxylic acids is 1. The summed E-state index contributed by atoms with van der Waals surface area (Å²) < 4.78 is 0. The van der Waals surface area contributed by atoms with E-state index in [-0.39, 0.29) is 35.1 Å². The summed E-state index contributed by atoms with van der Waals surface area (Å²) in [4.78, 5) is 10.6. The third-order valence-electron chi connectivity index (χ3n) is 1.60.